The highest BCUT2D eigenvalue weighted by atomic mass is 79.9. The van der Waals surface area contributed by atoms with Crippen LogP contribution >= 0.6 is 15.9 Å². The second-order valence-electron chi connectivity index (χ2n) is 4.41. The van der Waals surface area contributed by atoms with Gasteiger partial charge in [0, 0.05) is 23.4 Å². The lowest BCUT2D eigenvalue weighted by atomic mass is 10.2. The first-order valence-corrected chi connectivity index (χ1v) is 6.98. The smallest absolute Gasteiger partial charge is 0.271 e. The van der Waals surface area contributed by atoms with Crippen molar-refractivity contribution in [2.45, 2.75) is 6.54 Å². The largest absolute Gasteiger partial charge is 0.347 e. The van der Waals surface area contributed by atoms with E-state index in [0.717, 1.165) is 15.7 Å². The summed E-state index contributed by atoms with van der Waals surface area (Å²) >= 11 is 3.39. The molecular formula is C15H12BrN3O. The summed E-state index contributed by atoms with van der Waals surface area (Å²) in [7, 11) is 0. The van der Waals surface area contributed by atoms with E-state index in [1.54, 1.807) is 6.20 Å². The topological polar surface area (TPSA) is 46.4 Å². The number of hydrogen-bond donors (Lipinski definition) is 1. The van der Waals surface area contributed by atoms with E-state index < -0.39 is 0 Å². The third kappa shape index (κ3) is 2.72. The average Bonchev–Trinajstić information content (AvgIpc) is 2.89. The summed E-state index contributed by atoms with van der Waals surface area (Å²) in [5.41, 5.74) is 2.23. The van der Waals surface area contributed by atoms with Crippen molar-refractivity contribution < 1.29 is 4.79 Å². The van der Waals surface area contributed by atoms with Gasteiger partial charge in [0.25, 0.3) is 5.91 Å². The van der Waals surface area contributed by atoms with Gasteiger partial charge in [-0.3, -0.25) is 4.79 Å². The van der Waals surface area contributed by atoms with Crippen LogP contribution in [-0.4, -0.2) is 15.3 Å². The van der Waals surface area contributed by atoms with Crippen LogP contribution in [0, 0.1) is 0 Å². The van der Waals surface area contributed by atoms with E-state index in [0.29, 0.717) is 12.2 Å². The molecule has 1 N–H and O–H groups in total. The van der Waals surface area contributed by atoms with E-state index in [4.69, 9.17) is 0 Å². The first-order chi connectivity index (χ1) is 9.72. The minimum atomic E-state index is -0.173. The van der Waals surface area contributed by atoms with Crippen LogP contribution in [0.15, 0.2) is 59.3 Å². The van der Waals surface area contributed by atoms with E-state index in [9.17, 15) is 4.79 Å². The van der Waals surface area contributed by atoms with Crippen LogP contribution in [0.25, 0.3) is 5.65 Å². The van der Waals surface area contributed by atoms with Gasteiger partial charge in [-0.1, -0.05) is 30.3 Å². The minimum absolute atomic E-state index is 0.173. The summed E-state index contributed by atoms with van der Waals surface area (Å²) in [4.78, 5) is 16.4. The number of nitrogens with zero attached hydrogens (tertiary/aromatic N) is 2. The van der Waals surface area contributed by atoms with Crippen LogP contribution in [0.3, 0.4) is 0 Å². The van der Waals surface area contributed by atoms with E-state index in [2.05, 4.69) is 26.2 Å². The Morgan fingerprint density at radius 1 is 1.15 bits per heavy atom. The highest BCUT2D eigenvalue weighted by Gasteiger charge is 2.10. The van der Waals surface area contributed by atoms with Crippen LogP contribution < -0.4 is 5.32 Å². The summed E-state index contributed by atoms with van der Waals surface area (Å²) in [6, 6.07) is 13.5. The fraction of sp³-hybridized carbons (Fsp3) is 0.0667. The third-order valence-corrected chi connectivity index (χ3v) is 3.41. The molecule has 0 aliphatic heterocycles. The Balaban J connectivity index is 1.75. The molecule has 100 valence electrons. The van der Waals surface area contributed by atoms with Crippen LogP contribution in [0.5, 0.6) is 0 Å². The van der Waals surface area contributed by atoms with E-state index in [1.165, 1.54) is 0 Å². The Hall–Kier alpha value is -2.14. The highest BCUT2D eigenvalue weighted by Crippen LogP contribution is 2.12. The number of fused-ring (bicyclic) bond motifs is 1. The number of carbonyl (C=O) groups excluding carboxylic acids is 1. The number of halogens is 1. The molecule has 0 saturated heterocycles. The first-order valence-electron chi connectivity index (χ1n) is 6.19. The van der Waals surface area contributed by atoms with Crippen molar-refractivity contribution in [1.82, 2.24) is 14.7 Å². The third-order valence-electron chi connectivity index (χ3n) is 2.94. The minimum Gasteiger partial charge on any atom is -0.347 e. The van der Waals surface area contributed by atoms with Gasteiger partial charge in [-0.2, -0.15) is 0 Å². The second kappa shape index (κ2) is 5.46. The molecule has 0 bridgehead atoms. The molecule has 0 aliphatic carbocycles. The van der Waals surface area contributed by atoms with Gasteiger partial charge < -0.3 is 9.72 Å². The van der Waals surface area contributed by atoms with Crippen molar-refractivity contribution in [3.05, 3.63) is 70.6 Å². The monoisotopic (exact) mass is 329 g/mol. The summed E-state index contributed by atoms with van der Waals surface area (Å²) in [6.45, 7) is 0.497. The molecule has 1 amide bonds. The number of aromatic nitrogens is 2. The molecule has 0 spiro atoms. The fourth-order valence-electron chi connectivity index (χ4n) is 1.94. The maximum Gasteiger partial charge on any atom is 0.271 e. The maximum atomic E-state index is 12.1. The van der Waals surface area contributed by atoms with Crippen LogP contribution in [0.1, 0.15) is 16.1 Å². The molecule has 4 nitrogen and oxygen atoms in total. The normalized spacial score (nSPS) is 10.7. The van der Waals surface area contributed by atoms with Crippen molar-refractivity contribution in [2.75, 3.05) is 0 Å². The molecule has 3 aromatic rings. The van der Waals surface area contributed by atoms with Crippen LogP contribution in [0.2, 0.25) is 0 Å². The molecule has 5 heteroatoms. The molecule has 3 rings (SSSR count). The molecule has 1 aromatic carbocycles. The number of hydrogen-bond acceptors (Lipinski definition) is 2. The second-order valence-corrected chi connectivity index (χ2v) is 5.32. The lowest BCUT2D eigenvalue weighted by Crippen LogP contribution is -2.23. The maximum absolute atomic E-state index is 12.1. The molecule has 0 atom stereocenters. The van der Waals surface area contributed by atoms with E-state index >= 15 is 0 Å². The van der Waals surface area contributed by atoms with Gasteiger partial charge in [0.15, 0.2) is 0 Å². The van der Waals surface area contributed by atoms with Crippen molar-refractivity contribution in [3.63, 3.8) is 0 Å². The van der Waals surface area contributed by atoms with Gasteiger partial charge in [0.2, 0.25) is 0 Å². The highest BCUT2D eigenvalue weighted by molar-refractivity contribution is 9.10. The van der Waals surface area contributed by atoms with Gasteiger partial charge in [0.05, 0.1) is 0 Å². The predicted molar refractivity (Wildman–Crippen MR) is 80.5 cm³/mol. The Bertz CT molecular complexity index is 752. The van der Waals surface area contributed by atoms with Gasteiger partial charge in [-0.05, 0) is 33.6 Å². The molecule has 2 aromatic heterocycles. The Labute approximate surface area is 124 Å². The summed E-state index contributed by atoms with van der Waals surface area (Å²) < 4.78 is 2.76. The van der Waals surface area contributed by atoms with E-state index in [1.807, 2.05) is 53.1 Å². The molecule has 20 heavy (non-hydrogen) atoms. The molecule has 0 fully saturated rings. The Morgan fingerprint density at radius 2 is 1.95 bits per heavy atom. The molecule has 0 radical (unpaired) electrons. The molecule has 2 heterocycles. The standard InChI is InChI=1S/C15H12BrN3O/c16-12-6-7-14-18-13(10-19(14)9-12)15(20)17-8-11-4-2-1-3-5-11/h1-7,9-10H,8H2,(H,17,20). The zero-order valence-electron chi connectivity index (χ0n) is 10.6. The van der Waals surface area contributed by atoms with E-state index in [-0.39, 0.29) is 5.91 Å². The van der Waals surface area contributed by atoms with Crippen LogP contribution in [-0.2, 0) is 6.54 Å². The zero-order valence-corrected chi connectivity index (χ0v) is 12.2. The van der Waals surface area contributed by atoms with Crippen molar-refractivity contribution >= 4 is 27.5 Å². The lowest BCUT2D eigenvalue weighted by molar-refractivity contribution is 0.0946. The number of nitrogens with one attached hydrogen (secondary N) is 1. The van der Waals surface area contributed by atoms with Crippen molar-refractivity contribution in [2.24, 2.45) is 0 Å². The Morgan fingerprint density at radius 3 is 2.75 bits per heavy atom. The predicted octanol–water partition coefficient (Wildman–Crippen LogP) is 3.03. The number of carbonyl (C=O) groups is 1. The summed E-state index contributed by atoms with van der Waals surface area (Å²) in [6.07, 6.45) is 3.59. The zero-order chi connectivity index (χ0) is 13.9. The molecule has 0 aliphatic rings. The number of benzene rings is 1. The quantitative estimate of drug-likeness (QED) is 0.802. The average molecular weight is 330 g/mol. The van der Waals surface area contributed by atoms with Gasteiger partial charge >= 0.3 is 0 Å². The lowest BCUT2D eigenvalue weighted by Gasteiger charge is -2.02. The van der Waals surface area contributed by atoms with Gasteiger partial charge in [-0.15, -0.1) is 0 Å². The number of imidazole rings is 1. The first kappa shape index (κ1) is 12.9. The number of rotatable bonds is 3. The van der Waals surface area contributed by atoms with Gasteiger partial charge in [0.1, 0.15) is 11.3 Å². The van der Waals surface area contributed by atoms with Crippen LogP contribution in [0.4, 0.5) is 0 Å². The molecular weight excluding hydrogens is 318 g/mol. The van der Waals surface area contributed by atoms with Crippen molar-refractivity contribution in [3.8, 4) is 0 Å². The summed E-state index contributed by atoms with van der Waals surface area (Å²) in [5, 5.41) is 2.86. The van der Waals surface area contributed by atoms with Crippen molar-refractivity contribution in [1.29, 1.82) is 0 Å². The number of pyridine rings is 1. The molecule has 0 saturated carbocycles. The van der Waals surface area contributed by atoms with Gasteiger partial charge in [-0.25, -0.2) is 4.98 Å². The molecule has 0 unspecified atom stereocenters. The Kier molecular flexibility index (Phi) is 3.52. The fourth-order valence-corrected chi connectivity index (χ4v) is 2.30. The number of amides is 1. The SMILES string of the molecule is O=C(NCc1ccccc1)c1cn2cc(Br)ccc2n1. The summed E-state index contributed by atoms with van der Waals surface area (Å²) in [5.74, 6) is -0.173.